The number of pyridine rings is 1. The van der Waals surface area contributed by atoms with Crippen LogP contribution in [-0.2, 0) is 6.18 Å². The molecule has 0 aliphatic heterocycles. The summed E-state index contributed by atoms with van der Waals surface area (Å²) in [4.78, 5) is 24.8. The summed E-state index contributed by atoms with van der Waals surface area (Å²) in [5.41, 5.74) is -2.77. The number of aromatic nitrogens is 1. The number of halogens is 3. The van der Waals surface area contributed by atoms with Gasteiger partial charge in [-0.25, -0.2) is 0 Å². The molecule has 0 bridgehead atoms. The Labute approximate surface area is 119 Å². The van der Waals surface area contributed by atoms with E-state index in [0.717, 1.165) is 6.07 Å². The molecule has 118 valence electrons. The summed E-state index contributed by atoms with van der Waals surface area (Å²) in [7, 11) is 0. The lowest BCUT2D eigenvalue weighted by Crippen LogP contribution is -2.36. The molecular formula is C13H17F3N2O3. The number of H-pyrrole nitrogens is 1. The second kappa shape index (κ2) is 6.75. The number of nitrogens with one attached hydrogen (secondary N) is 2. The van der Waals surface area contributed by atoms with Gasteiger partial charge in [0.25, 0.3) is 11.5 Å². The zero-order chi connectivity index (χ0) is 16.2. The van der Waals surface area contributed by atoms with Crippen molar-refractivity contribution in [3.05, 3.63) is 33.7 Å². The number of carbonyl (C=O) groups is 1. The largest absolute Gasteiger partial charge is 0.431 e. The lowest BCUT2D eigenvalue weighted by Gasteiger charge is -2.13. The Morgan fingerprint density at radius 3 is 2.48 bits per heavy atom. The highest BCUT2D eigenvalue weighted by Gasteiger charge is 2.32. The van der Waals surface area contributed by atoms with E-state index in [0.29, 0.717) is 12.5 Å². The fourth-order valence-corrected chi connectivity index (χ4v) is 1.75. The number of aromatic amines is 1. The summed E-state index contributed by atoms with van der Waals surface area (Å²) in [5, 5.41) is 11.9. The molecule has 0 aliphatic rings. The first-order chi connectivity index (χ1) is 9.61. The van der Waals surface area contributed by atoms with Gasteiger partial charge in [-0.05, 0) is 24.5 Å². The summed E-state index contributed by atoms with van der Waals surface area (Å²) in [6.07, 6.45) is -4.99. The van der Waals surface area contributed by atoms with E-state index < -0.39 is 35.0 Å². The van der Waals surface area contributed by atoms with Crippen molar-refractivity contribution in [2.24, 2.45) is 5.92 Å². The smallest absolute Gasteiger partial charge is 0.391 e. The van der Waals surface area contributed by atoms with E-state index in [1.54, 1.807) is 4.98 Å². The van der Waals surface area contributed by atoms with Crippen LogP contribution in [0, 0.1) is 5.92 Å². The molecule has 1 aromatic rings. The molecule has 21 heavy (non-hydrogen) atoms. The van der Waals surface area contributed by atoms with Crippen molar-refractivity contribution >= 4 is 5.91 Å². The lowest BCUT2D eigenvalue weighted by molar-refractivity contribution is -0.141. The van der Waals surface area contributed by atoms with Crippen LogP contribution in [0.25, 0.3) is 0 Å². The molecule has 1 rings (SSSR count). The van der Waals surface area contributed by atoms with E-state index in [-0.39, 0.29) is 12.5 Å². The zero-order valence-corrected chi connectivity index (χ0v) is 11.6. The molecule has 0 fully saturated rings. The first-order valence-electron chi connectivity index (χ1n) is 6.38. The van der Waals surface area contributed by atoms with E-state index in [2.05, 4.69) is 5.32 Å². The van der Waals surface area contributed by atoms with Crippen molar-refractivity contribution in [1.82, 2.24) is 10.3 Å². The molecule has 1 aromatic heterocycles. The minimum atomic E-state index is -4.68. The molecule has 0 spiro atoms. The van der Waals surface area contributed by atoms with Crippen molar-refractivity contribution in [1.29, 1.82) is 0 Å². The summed E-state index contributed by atoms with van der Waals surface area (Å²) in [5.74, 6) is -0.598. The number of hydrogen-bond acceptors (Lipinski definition) is 3. The number of rotatable bonds is 5. The van der Waals surface area contributed by atoms with Crippen molar-refractivity contribution < 1.29 is 23.1 Å². The molecule has 3 N–H and O–H groups in total. The van der Waals surface area contributed by atoms with Gasteiger partial charge in [-0.15, -0.1) is 0 Å². The van der Waals surface area contributed by atoms with Gasteiger partial charge in [0.05, 0.1) is 6.10 Å². The summed E-state index contributed by atoms with van der Waals surface area (Å²) < 4.78 is 37.1. The van der Waals surface area contributed by atoms with Crippen molar-refractivity contribution in [2.45, 2.75) is 32.5 Å². The number of hydrogen-bond donors (Lipinski definition) is 3. The lowest BCUT2D eigenvalue weighted by atomic mass is 10.1. The van der Waals surface area contributed by atoms with Crippen LogP contribution in [0.4, 0.5) is 13.2 Å². The number of alkyl halides is 3. The molecule has 1 heterocycles. The quantitative estimate of drug-likeness (QED) is 0.771. The fraction of sp³-hybridized carbons (Fsp3) is 0.538. The van der Waals surface area contributed by atoms with Crippen LogP contribution in [0.2, 0.25) is 0 Å². The summed E-state index contributed by atoms with van der Waals surface area (Å²) >= 11 is 0. The van der Waals surface area contributed by atoms with Crippen molar-refractivity contribution in [2.75, 3.05) is 6.54 Å². The van der Waals surface area contributed by atoms with Gasteiger partial charge >= 0.3 is 6.18 Å². The van der Waals surface area contributed by atoms with Gasteiger partial charge in [0, 0.05) is 6.54 Å². The normalized spacial score (nSPS) is 13.3. The Bertz CT molecular complexity index is 552. The van der Waals surface area contributed by atoms with E-state index in [9.17, 15) is 27.9 Å². The maximum absolute atomic E-state index is 12.4. The van der Waals surface area contributed by atoms with Gasteiger partial charge in [-0.2, -0.15) is 13.2 Å². The maximum atomic E-state index is 12.4. The van der Waals surface area contributed by atoms with E-state index in [1.165, 1.54) is 0 Å². The average molecular weight is 306 g/mol. The molecule has 8 heteroatoms. The number of aliphatic hydroxyl groups excluding tert-OH is 1. The molecule has 0 aromatic carbocycles. The van der Waals surface area contributed by atoms with Gasteiger partial charge in [0.2, 0.25) is 0 Å². The highest BCUT2D eigenvalue weighted by Crippen LogP contribution is 2.26. The Balaban J connectivity index is 2.74. The Hall–Kier alpha value is -1.83. The van der Waals surface area contributed by atoms with Gasteiger partial charge in [0.1, 0.15) is 11.3 Å². The SMILES string of the molecule is CC(C)CC(O)CNC(=O)c1ccc(C(F)(F)F)[nH]c1=O. The molecule has 5 nitrogen and oxygen atoms in total. The van der Waals surface area contributed by atoms with Gasteiger partial charge in [0.15, 0.2) is 0 Å². The third-order valence-corrected chi connectivity index (χ3v) is 2.70. The predicted molar refractivity (Wildman–Crippen MR) is 69.9 cm³/mol. The van der Waals surface area contributed by atoms with Gasteiger partial charge in [-0.3, -0.25) is 9.59 Å². The highest BCUT2D eigenvalue weighted by molar-refractivity contribution is 5.93. The molecular weight excluding hydrogens is 289 g/mol. The topological polar surface area (TPSA) is 82.2 Å². The highest BCUT2D eigenvalue weighted by atomic mass is 19.4. The van der Waals surface area contributed by atoms with Crippen LogP contribution in [0.15, 0.2) is 16.9 Å². The second-order valence-corrected chi connectivity index (χ2v) is 5.11. The van der Waals surface area contributed by atoms with E-state index in [1.807, 2.05) is 13.8 Å². The van der Waals surface area contributed by atoms with Crippen LogP contribution in [0.3, 0.4) is 0 Å². The van der Waals surface area contributed by atoms with Gasteiger partial charge < -0.3 is 15.4 Å². The molecule has 1 amide bonds. The van der Waals surface area contributed by atoms with E-state index >= 15 is 0 Å². The molecule has 0 radical (unpaired) electrons. The predicted octanol–water partition coefficient (Wildman–Crippen LogP) is 1.53. The second-order valence-electron chi connectivity index (χ2n) is 5.11. The Morgan fingerprint density at radius 1 is 1.38 bits per heavy atom. The standard InChI is InChI=1S/C13H17F3N2O3/c1-7(2)5-8(19)6-17-11(20)9-3-4-10(13(14,15)16)18-12(9)21/h3-4,7-8,19H,5-6H2,1-2H3,(H,17,20)(H,18,21). The van der Waals surface area contributed by atoms with Crippen LogP contribution in [0.5, 0.6) is 0 Å². The third-order valence-electron chi connectivity index (χ3n) is 2.70. The molecule has 0 saturated carbocycles. The van der Waals surface area contributed by atoms with Gasteiger partial charge in [-0.1, -0.05) is 13.8 Å². The fourth-order valence-electron chi connectivity index (χ4n) is 1.75. The monoisotopic (exact) mass is 306 g/mol. The maximum Gasteiger partial charge on any atom is 0.431 e. The van der Waals surface area contributed by atoms with Crippen molar-refractivity contribution in [3.8, 4) is 0 Å². The first kappa shape index (κ1) is 17.2. The molecule has 1 atom stereocenters. The minimum absolute atomic E-state index is 0.0719. The van der Waals surface area contributed by atoms with Crippen molar-refractivity contribution in [3.63, 3.8) is 0 Å². The minimum Gasteiger partial charge on any atom is -0.391 e. The number of carbonyl (C=O) groups excluding carboxylic acids is 1. The number of aliphatic hydroxyl groups is 1. The Kier molecular flexibility index (Phi) is 5.54. The zero-order valence-electron chi connectivity index (χ0n) is 11.6. The molecule has 1 unspecified atom stereocenters. The van der Waals surface area contributed by atoms with Crippen LogP contribution < -0.4 is 10.9 Å². The third kappa shape index (κ3) is 5.22. The average Bonchev–Trinajstić information content (AvgIpc) is 2.33. The molecule has 0 saturated heterocycles. The van der Waals surface area contributed by atoms with Crippen LogP contribution in [-0.4, -0.2) is 28.6 Å². The van der Waals surface area contributed by atoms with Crippen LogP contribution in [0.1, 0.15) is 36.3 Å². The van der Waals surface area contributed by atoms with Crippen LogP contribution >= 0.6 is 0 Å². The first-order valence-corrected chi connectivity index (χ1v) is 6.38. The Morgan fingerprint density at radius 2 is 2.00 bits per heavy atom. The summed E-state index contributed by atoms with van der Waals surface area (Å²) in [6.45, 7) is 3.72. The molecule has 0 aliphatic carbocycles. The number of amides is 1. The summed E-state index contributed by atoms with van der Waals surface area (Å²) in [6, 6.07) is 1.44. The van der Waals surface area contributed by atoms with E-state index in [4.69, 9.17) is 0 Å².